The van der Waals surface area contributed by atoms with E-state index in [1.54, 1.807) is 0 Å². The Morgan fingerprint density at radius 3 is 2.60 bits per heavy atom. The summed E-state index contributed by atoms with van der Waals surface area (Å²) in [5, 5.41) is 18.1. The molecule has 0 aliphatic rings. The molecule has 0 saturated heterocycles. The third-order valence-corrected chi connectivity index (χ3v) is 1.61. The molecule has 5 nitrogen and oxygen atoms in total. The second-order valence-electron chi connectivity index (χ2n) is 2.58. The minimum atomic E-state index is -1.30. The smallest absolute Gasteiger partial charge is 0.339 e. The van der Waals surface area contributed by atoms with Crippen molar-refractivity contribution in [2.45, 2.75) is 0 Å². The number of esters is 1. The molecule has 0 aliphatic carbocycles. The molecule has 15 heavy (non-hydrogen) atoms. The van der Waals surface area contributed by atoms with Gasteiger partial charge in [-0.3, -0.25) is 0 Å². The van der Waals surface area contributed by atoms with Crippen LogP contribution in [0.5, 0.6) is 11.5 Å². The van der Waals surface area contributed by atoms with E-state index in [0.717, 1.165) is 6.08 Å². The topological polar surface area (TPSA) is 83.8 Å². The third kappa shape index (κ3) is 2.34. The Morgan fingerprint density at radius 1 is 1.40 bits per heavy atom. The van der Waals surface area contributed by atoms with Crippen LogP contribution in [-0.4, -0.2) is 22.2 Å². The monoisotopic (exact) mass is 208 g/mol. The zero-order valence-electron chi connectivity index (χ0n) is 7.64. The van der Waals surface area contributed by atoms with Crippen LogP contribution in [0.1, 0.15) is 10.4 Å². The average Bonchev–Trinajstić information content (AvgIpc) is 2.20. The fourth-order valence-electron chi connectivity index (χ4n) is 0.927. The predicted molar refractivity (Wildman–Crippen MR) is 50.9 cm³/mol. The molecule has 0 unspecified atom stereocenters. The number of aromatic carboxylic acids is 1. The van der Waals surface area contributed by atoms with E-state index in [-0.39, 0.29) is 11.3 Å². The van der Waals surface area contributed by atoms with E-state index in [1.165, 1.54) is 18.2 Å². The molecular formula is C10H8O5. The van der Waals surface area contributed by atoms with Gasteiger partial charge in [-0.2, -0.15) is 0 Å². The summed E-state index contributed by atoms with van der Waals surface area (Å²) in [4.78, 5) is 21.4. The lowest BCUT2D eigenvalue weighted by molar-refractivity contribution is -0.129. The molecule has 0 saturated carbocycles. The lowest BCUT2D eigenvalue weighted by atomic mass is 10.2. The molecule has 0 radical (unpaired) electrons. The highest BCUT2D eigenvalue weighted by atomic mass is 16.5. The number of aromatic hydroxyl groups is 1. The molecule has 0 aromatic heterocycles. The Kier molecular flexibility index (Phi) is 3.07. The molecule has 2 N–H and O–H groups in total. The van der Waals surface area contributed by atoms with Crippen molar-refractivity contribution in [1.29, 1.82) is 0 Å². The molecule has 5 heteroatoms. The van der Waals surface area contributed by atoms with Crippen LogP contribution < -0.4 is 4.74 Å². The molecule has 0 aliphatic heterocycles. The highest BCUT2D eigenvalue weighted by molar-refractivity contribution is 5.92. The number of hydrogen-bond donors (Lipinski definition) is 2. The second kappa shape index (κ2) is 4.28. The Bertz CT molecular complexity index is 422. The summed E-state index contributed by atoms with van der Waals surface area (Å²) in [6.45, 7) is 3.17. The summed E-state index contributed by atoms with van der Waals surface area (Å²) in [7, 11) is 0. The van der Waals surface area contributed by atoms with Gasteiger partial charge in [0.05, 0.1) is 0 Å². The Hall–Kier alpha value is -2.30. The van der Waals surface area contributed by atoms with E-state index in [0.29, 0.717) is 0 Å². The number of carbonyl (C=O) groups excluding carboxylic acids is 1. The number of carboxylic acid groups (broad SMARTS) is 1. The normalized spacial score (nSPS) is 9.33. The van der Waals surface area contributed by atoms with Crippen LogP contribution in [0, 0.1) is 0 Å². The number of carboxylic acids is 1. The summed E-state index contributed by atoms with van der Waals surface area (Å²) >= 11 is 0. The fraction of sp³-hybridized carbons (Fsp3) is 0. The molecule has 1 aromatic carbocycles. The van der Waals surface area contributed by atoms with Crippen molar-refractivity contribution in [1.82, 2.24) is 0 Å². The van der Waals surface area contributed by atoms with Crippen LogP contribution in [-0.2, 0) is 4.79 Å². The maximum Gasteiger partial charge on any atom is 0.339 e. The standard InChI is InChI=1S/C10H8O5/c1-2-8(11)15-7-5-3-4-6(9(7)12)10(13)14/h2-5,12H,1H2,(H,13,14). The highest BCUT2D eigenvalue weighted by Crippen LogP contribution is 2.29. The van der Waals surface area contributed by atoms with Gasteiger partial charge in [-0.15, -0.1) is 0 Å². The van der Waals surface area contributed by atoms with E-state index >= 15 is 0 Å². The molecule has 0 fully saturated rings. The summed E-state index contributed by atoms with van der Waals surface area (Å²) in [6.07, 6.45) is 0.910. The first-order chi connectivity index (χ1) is 7.06. The molecule has 0 amide bonds. The maximum atomic E-state index is 10.8. The fourth-order valence-corrected chi connectivity index (χ4v) is 0.927. The number of benzene rings is 1. The zero-order chi connectivity index (χ0) is 11.4. The maximum absolute atomic E-state index is 10.8. The Morgan fingerprint density at radius 2 is 2.07 bits per heavy atom. The van der Waals surface area contributed by atoms with E-state index in [4.69, 9.17) is 5.11 Å². The summed E-state index contributed by atoms with van der Waals surface area (Å²) in [5.41, 5.74) is -0.329. The zero-order valence-corrected chi connectivity index (χ0v) is 7.64. The Labute approximate surface area is 85.2 Å². The molecule has 0 spiro atoms. The van der Waals surface area contributed by atoms with Crippen LogP contribution in [0.4, 0.5) is 0 Å². The van der Waals surface area contributed by atoms with Crippen molar-refractivity contribution in [2.75, 3.05) is 0 Å². The van der Waals surface area contributed by atoms with Gasteiger partial charge in [-0.25, -0.2) is 9.59 Å². The van der Waals surface area contributed by atoms with Crippen LogP contribution in [0.3, 0.4) is 0 Å². The van der Waals surface area contributed by atoms with E-state index < -0.39 is 17.7 Å². The lowest BCUT2D eigenvalue weighted by Gasteiger charge is -2.05. The second-order valence-corrected chi connectivity index (χ2v) is 2.58. The van der Waals surface area contributed by atoms with Crippen molar-refractivity contribution in [3.05, 3.63) is 36.4 Å². The van der Waals surface area contributed by atoms with Crippen LogP contribution in [0.15, 0.2) is 30.9 Å². The predicted octanol–water partition coefficient (Wildman–Crippen LogP) is 1.18. The largest absolute Gasteiger partial charge is 0.504 e. The highest BCUT2D eigenvalue weighted by Gasteiger charge is 2.14. The number of carbonyl (C=O) groups is 2. The van der Waals surface area contributed by atoms with Crippen LogP contribution in [0.2, 0.25) is 0 Å². The van der Waals surface area contributed by atoms with Gasteiger partial charge in [0.15, 0.2) is 11.5 Å². The molecule has 1 aromatic rings. The van der Waals surface area contributed by atoms with Crippen LogP contribution in [0.25, 0.3) is 0 Å². The lowest BCUT2D eigenvalue weighted by Crippen LogP contribution is -2.05. The van der Waals surface area contributed by atoms with Gasteiger partial charge in [-0.05, 0) is 12.1 Å². The number of ether oxygens (including phenoxy) is 1. The number of phenols is 1. The molecule has 78 valence electrons. The minimum absolute atomic E-state index is 0.209. The molecule has 1 rings (SSSR count). The van der Waals surface area contributed by atoms with Crippen LogP contribution >= 0.6 is 0 Å². The first-order valence-electron chi connectivity index (χ1n) is 3.95. The average molecular weight is 208 g/mol. The minimum Gasteiger partial charge on any atom is -0.504 e. The van der Waals surface area contributed by atoms with E-state index in [9.17, 15) is 14.7 Å². The molecule has 0 atom stereocenters. The molecule has 0 heterocycles. The van der Waals surface area contributed by atoms with Gasteiger partial charge in [0.1, 0.15) is 5.56 Å². The SMILES string of the molecule is C=CC(=O)Oc1cccc(C(=O)O)c1O. The molecular weight excluding hydrogens is 200 g/mol. The quantitative estimate of drug-likeness (QED) is 0.442. The van der Waals surface area contributed by atoms with E-state index in [2.05, 4.69) is 11.3 Å². The van der Waals surface area contributed by atoms with Gasteiger partial charge in [0, 0.05) is 6.08 Å². The van der Waals surface area contributed by atoms with Gasteiger partial charge in [-0.1, -0.05) is 12.6 Å². The van der Waals surface area contributed by atoms with Crippen molar-refractivity contribution >= 4 is 11.9 Å². The first kappa shape index (κ1) is 10.8. The summed E-state index contributed by atoms with van der Waals surface area (Å²) in [6, 6.07) is 3.83. The Balaban J connectivity index is 3.09. The number of rotatable bonds is 3. The van der Waals surface area contributed by atoms with Crippen molar-refractivity contribution in [3.8, 4) is 11.5 Å². The summed E-state index contributed by atoms with van der Waals surface area (Å²) < 4.78 is 4.61. The van der Waals surface area contributed by atoms with E-state index in [1.807, 2.05) is 0 Å². The van der Waals surface area contributed by atoms with Gasteiger partial charge in [0.2, 0.25) is 0 Å². The van der Waals surface area contributed by atoms with Gasteiger partial charge < -0.3 is 14.9 Å². The number of hydrogen-bond acceptors (Lipinski definition) is 4. The van der Waals surface area contributed by atoms with Crippen molar-refractivity contribution < 1.29 is 24.5 Å². The number of para-hydroxylation sites is 1. The van der Waals surface area contributed by atoms with Gasteiger partial charge in [0.25, 0.3) is 0 Å². The van der Waals surface area contributed by atoms with Gasteiger partial charge >= 0.3 is 11.9 Å². The van der Waals surface area contributed by atoms with Crippen molar-refractivity contribution in [2.24, 2.45) is 0 Å². The third-order valence-electron chi connectivity index (χ3n) is 1.61. The molecule has 0 bridgehead atoms. The first-order valence-corrected chi connectivity index (χ1v) is 3.95. The van der Waals surface area contributed by atoms with Crippen molar-refractivity contribution in [3.63, 3.8) is 0 Å². The summed E-state index contributed by atoms with van der Waals surface area (Å²) in [5.74, 6) is -2.86.